The number of aromatic nitrogens is 2. The van der Waals surface area contributed by atoms with Crippen LogP contribution in [-0.4, -0.2) is 15.5 Å². The maximum absolute atomic E-state index is 13.6. The van der Waals surface area contributed by atoms with Crippen molar-refractivity contribution in [3.63, 3.8) is 0 Å². The fourth-order valence-electron chi connectivity index (χ4n) is 4.43. The smallest absolute Gasteiger partial charge is 0.233 e. The average Bonchev–Trinajstić information content (AvgIpc) is 3.14. The van der Waals surface area contributed by atoms with Gasteiger partial charge in [0.25, 0.3) is 0 Å². The third-order valence-corrected chi connectivity index (χ3v) is 6.94. The van der Waals surface area contributed by atoms with Crippen molar-refractivity contribution in [1.82, 2.24) is 9.55 Å². The van der Waals surface area contributed by atoms with E-state index in [0.29, 0.717) is 13.0 Å². The van der Waals surface area contributed by atoms with Gasteiger partial charge in [-0.05, 0) is 36.4 Å². The van der Waals surface area contributed by atoms with Crippen LogP contribution in [-0.2, 0) is 11.3 Å². The number of hydrogen-bond acceptors (Lipinski definition) is 3. The van der Waals surface area contributed by atoms with Crippen molar-refractivity contribution in [1.29, 1.82) is 0 Å². The second-order valence-corrected chi connectivity index (χ2v) is 8.66. The monoisotopic (exact) mass is 421 g/mol. The second-order valence-electron chi connectivity index (χ2n) is 7.58. The van der Waals surface area contributed by atoms with E-state index in [4.69, 9.17) is 0 Å². The van der Waals surface area contributed by atoms with Crippen LogP contribution in [0, 0.1) is 0 Å². The van der Waals surface area contributed by atoms with Crippen molar-refractivity contribution >= 4 is 50.8 Å². The maximum atomic E-state index is 13.6. The summed E-state index contributed by atoms with van der Waals surface area (Å²) < 4.78 is 2.24. The average molecular weight is 422 g/mol. The molecule has 0 bridgehead atoms. The van der Waals surface area contributed by atoms with Gasteiger partial charge in [0.15, 0.2) is 0 Å². The van der Waals surface area contributed by atoms with E-state index in [2.05, 4.69) is 33.8 Å². The Balaban J connectivity index is 1.39. The summed E-state index contributed by atoms with van der Waals surface area (Å²) in [6.45, 7) is 0.612. The van der Waals surface area contributed by atoms with Crippen molar-refractivity contribution in [2.45, 2.75) is 22.8 Å². The van der Waals surface area contributed by atoms with Gasteiger partial charge in [-0.3, -0.25) is 14.7 Å². The molecule has 0 aliphatic carbocycles. The molecule has 0 unspecified atom stereocenters. The Morgan fingerprint density at radius 1 is 0.774 bits per heavy atom. The Morgan fingerprint density at radius 3 is 2.19 bits per heavy atom. The Hall–Kier alpha value is -3.57. The van der Waals surface area contributed by atoms with Gasteiger partial charge in [0, 0.05) is 51.4 Å². The van der Waals surface area contributed by atoms with Crippen molar-refractivity contribution in [3.8, 4) is 0 Å². The molecule has 0 N–H and O–H groups in total. The molecule has 31 heavy (non-hydrogen) atoms. The number of anilines is 2. The number of benzene rings is 3. The first-order chi connectivity index (χ1) is 15.3. The SMILES string of the molecule is O=C(CCn1c2ccccc2c2cnccc21)N1c2ccccc2Sc2ccccc21. The number of carbonyl (C=O) groups excluding carboxylic acids is 1. The Kier molecular flexibility index (Phi) is 4.28. The van der Waals surface area contributed by atoms with Crippen molar-refractivity contribution < 1.29 is 4.79 Å². The largest absolute Gasteiger partial charge is 0.340 e. The summed E-state index contributed by atoms with van der Waals surface area (Å²) in [6.07, 6.45) is 4.13. The maximum Gasteiger partial charge on any atom is 0.233 e. The van der Waals surface area contributed by atoms with E-state index in [-0.39, 0.29) is 5.91 Å². The fraction of sp³-hybridized carbons (Fsp3) is 0.0769. The number of nitrogens with zero attached hydrogens (tertiary/aromatic N) is 3. The summed E-state index contributed by atoms with van der Waals surface area (Å²) in [5, 5.41) is 2.29. The zero-order chi connectivity index (χ0) is 20.8. The molecule has 0 saturated carbocycles. The predicted molar refractivity (Wildman–Crippen MR) is 126 cm³/mol. The van der Waals surface area contributed by atoms with Crippen molar-refractivity contribution in [3.05, 3.63) is 91.3 Å². The van der Waals surface area contributed by atoms with E-state index in [1.807, 2.05) is 71.9 Å². The molecule has 5 aromatic rings. The molecule has 6 rings (SSSR count). The Morgan fingerprint density at radius 2 is 1.42 bits per heavy atom. The number of carbonyl (C=O) groups is 1. The number of amides is 1. The van der Waals surface area contributed by atoms with Crippen LogP contribution in [0.2, 0.25) is 0 Å². The number of aryl methyl sites for hydroxylation is 1. The summed E-state index contributed by atoms with van der Waals surface area (Å²) >= 11 is 1.72. The van der Waals surface area contributed by atoms with Crippen molar-refractivity contribution in [2.24, 2.45) is 0 Å². The molecule has 1 amide bonds. The fourth-order valence-corrected chi connectivity index (χ4v) is 5.49. The Bertz CT molecular complexity index is 1360. The van der Waals surface area contributed by atoms with Gasteiger partial charge in [0.1, 0.15) is 0 Å². The zero-order valence-corrected chi connectivity index (χ0v) is 17.5. The molecule has 0 radical (unpaired) electrons. The highest BCUT2D eigenvalue weighted by atomic mass is 32.2. The Labute approximate surface area is 184 Å². The molecule has 5 heteroatoms. The first-order valence-corrected chi connectivity index (χ1v) is 11.1. The highest BCUT2D eigenvalue weighted by molar-refractivity contribution is 7.99. The predicted octanol–water partition coefficient (Wildman–Crippen LogP) is 6.41. The molecule has 3 aromatic carbocycles. The van der Waals surface area contributed by atoms with Gasteiger partial charge in [-0.15, -0.1) is 0 Å². The molecule has 0 saturated heterocycles. The van der Waals surface area contributed by atoms with Gasteiger partial charge in [-0.2, -0.15) is 0 Å². The number of hydrogen-bond donors (Lipinski definition) is 0. The molecule has 0 fully saturated rings. The third kappa shape index (κ3) is 2.93. The van der Waals surface area contributed by atoms with Crippen LogP contribution < -0.4 is 4.90 Å². The number of pyridine rings is 1. The summed E-state index contributed by atoms with van der Waals surface area (Å²) in [5.74, 6) is 0.0974. The van der Waals surface area contributed by atoms with Gasteiger partial charge < -0.3 is 4.57 Å². The molecule has 1 aliphatic rings. The van der Waals surface area contributed by atoms with E-state index in [1.165, 1.54) is 5.39 Å². The van der Waals surface area contributed by atoms with Crippen LogP contribution in [0.15, 0.2) is 101 Å². The third-order valence-electron chi connectivity index (χ3n) is 5.80. The molecule has 0 spiro atoms. The normalized spacial score (nSPS) is 12.7. The van der Waals surface area contributed by atoms with E-state index in [9.17, 15) is 4.79 Å². The highest BCUT2D eigenvalue weighted by Crippen LogP contribution is 2.48. The minimum Gasteiger partial charge on any atom is -0.340 e. The molecule has 2 aromatic heterocycles. The van der Waals surface area contributed by atoms with Gasteiger partial charge in [0.05, 0.1) is 16.9 Å². The molecular formula is C26H19N3OS. The molecule has 4 nitrogen and oxygen atoms in total. The zero-order valence-electron chi connectivity index (χ0n) is 16.7. The lowest BCUT2D eigenvalue weighted by Gasteiger charge is -2.31. The number of rotatable bonds is 3. The van der Waals surface area contributed by atoms with Crippen LogP contribution in [0.5, 0.6) is 0 Å². The van der Waals surface area contributed by atoms with Crippen LogP contribution >= 0.6 is 11.8 Å². The lowest BCUT2D eigenvalue weighted by Crippen LogP contribution is -2.29. The molecule has 0 atom stereocenters. The second kappa shape index (κ2) is 7.29. The van der Waals surface area contributed by atoms with Crippen LogP contribution in [0.4, 0.5) is 11.4 Å². The lowest BCUT2D eigenvalue weighted by atomic mass is 10.2. The van der Waals surface area contributed by atoms with Crippen molar-refractivity contribution in [2.75, 3.05) is 4.90 Å². The highest BCUT2D eigenvalue weighted by Gasteiger charge is 2.27. The van der Waals surface area contributed by atoms with E-state index < -0.39 is 0 Å². The molecule has 1 aliphatic heterocycles. The van der Waals surface area contributed by atoms with E-state index >= 15 is 0 Å². The van der Waals surface area contributed by atoms with E-state index in [0.717, 1.165) is 37.6 Å². The summed E-state index contributed by atoms with van der Waals surface area (Å²) in [6, 6.07) is 26.6. The first kappa shape index (κ1) is 18.2. The summed E-state index contributed by atoms with van der Waals surface area (Å²) in [4.78, 5) is 22.0. The topological polar surface area (TPSA) is 38.1 Å². The minimum atomic E-state index is 0.0974. The first-order valence-electron chi connectivity index (χ1n) is 10.3. The molecule has 150 valence electrons. The number of fused-ring (bicyclic) bond motifs is 5. The van der Waals surface area contributed by atoms with Crippen LogP contribution in [0.1, 0.15) is 6.42 Å². The lowest BCUT2D eigenvalue weighted by molar-refractivity contribution is -0.118. The minimum absolute atomic E-state index is 0.0974. The summed E-state index contributed by atoms with van der Waals surface area (Å²) in [5.41, 5.74) is 4.16. The van der Waals surface area contributed by atoms with Crippen LogP contribution in [0.25, 0.3) is 21.8 Å². The summed E-state index contributed by atoms with van der Waals surface area (Å²) in [7, 11) is 0. The standard InChI is InChI=1S/C26H19N3OS/c30-26(29-22-9-3-5-11-24(22)31-25-12-6-4-10-23(25)29)14-16-28-20-8-2-1-7-18(20)19-17-27-15-13-21(19)28/h1-13,15,17H,14,16H2. The molecular weight excluding hydrogens is 402 g/mol. The van der Waals surface area contributed by atoms with Gasteiger partial charge in [0.2, 0.25) is 5.91 Å². The van der Waals surface area contributed by atoms with Gasteiger partial charge >= 0.3 is 0 Å². The van der Waals surface area contributed by atoms with Crippen LogP contribution in [0.3, 0.4) is 0 Å². The van der Waals surface area contributed by atoms with Gasteiger partial charge in [-0.25, -0.2) is 0 Å². The molecule has 3 heterocycles. The van der Waals surface area contributed by atoms with Gasteiger partial charge in [-0.1, -0.05) is 54.2 Å². The quantitative estimate of drug-likeness (QED) is 0.338. The van der Waals surface area contributed by atoms with E-state index in [1.54, 1.807) is 11.8 Å². The number of para-hydroxylation sites is 3.